The minimum absolute atomic E-state index is 0.0133. The minimum Gasteiger partial charge on any atom is -0.376 e. The molecule has 168 valence electrons. The Labute approximate surface area is 187 Å². The monoisotopic (exact) mass is 446 g/mol. The summed E-state index contributed by atoms with van der Waals surface area (Å²) in [4.78, 5) is 30.7. The molecule has 1 fully saturated rings. The first-order valence-corrected chi connectivity index (χ1v) is 11.7. The van der Waals surface area contributed by atoms with Crippen LogP contribution >= 0.6 is 11.3 Å². The van der Waals surface area contributed by atoms with Gasteiger partial charge in [0.25, 0.3) is 0 Å². The molecule has 0 N–H and O–H groups in total. The van der Waals surface area contributed by atoms with Gasteiger partial charge in [-0.15, -0.1) is 11.3 Å². The molecule has 1 aliphatic rings. The van der Waals surface area contributed by atoms with Crippen molar-refractivity contribution in [3.63, 3.8) is 0 Å². The molecular weight excluding hydrogens is 415 g/mol. The summed E-state index contributed by atoms with van der Waals surface area (Å²) < 4.78 is 19.0. The molecule has 0 bridgehead atoms. The lowest BCUT2D eigenvalue weighted by molar-refractivity contribution is -0.144. The summed E-state index contributed by atoms with van der Waals surface area (Å²) in [6.07, 6.45) is 1.88. The van der Waals surface area contributed by atoms with Crippen molar-refractivity contribution in [2.75, 3.05) is 19.7 Å². The third kappa shape index (κ3) is 6.61. The maximum Gasteiger partial charge on any atom is 0.242 e. The van der Waals surface area contributed by atoms with Crippen LogP contribution < -0.4 is 0 Å². The fraction of sp³-hybridized carbons (Fsp3) is 0.500. The van der Waals surface area contributed by atoms with Gasteiger partial charge in [-0.05, 0) is 54.5 Å². The molecule has 1 atom stereocenters. The molecule has 2 heterocycles. The van der Waals surface area contributed by atoms with Crippen LogP contribution in [0.5, 0.6) is 0 Å². The van der Waals surface area contributed by atoms with E-state index in [1.807, 2.05) is 32.2 Å². The third-order valence-electron chi connectivity index (χ3n) is 5.52. The van der Waals surface area contributed by atoms with Crippen LogP contribution in [0, 0.1) is 18.7 Å². The van der Waals surface area contributed by atoms with Gasteiger partial charge in [0.05, 0.1) is 19.2 Å². The number of carbonyl (C=O) groups excluding carboxylic acids is 2. The van der Waals surface area contributed by atoms with E-state index in [0.717, 1.165) is 28.8 Å². The van der Waals surface area contributed by atoms with Crippen LogP contribution in [0.4, 0.5) is 4.39 Å². The minimum atomic E-state index is -0.305. The highest BCUT2D eigenvalue weighted by atomic mass is 32.1. The SMILES string of the molecule is Cc1ccsc1CN(Cc1ccc(F)cc1)C(=O)CN(CC1CCCO1)C(=O)C(C)C. The summed E-state index contributed by atoms with van der Waals surface area (Å²) in [5.74, 6) is -0.665. The lowest BCUT2D eigenvalue weighted by atomic mass is 10.1. The number of carbonyl (C=O) groups is 2. The van der Waals surface area contributed by atoms with Gasteiger partial charge in [-0.2, -0.15) is 0 Å². The average Bonchev–Trinajstić information content (AvgIpc) is 3.39. The molecule has 2 aromatic rings. The number of thiophene rings is 1. The zero-order chi connectivity index (χ0) is 22.4. The Morgan fingerprint density at radius 3 is 2.48 bits per heavy atom. The second kappa shape index (κ2) is 10.9. The molecule has 1 unspecified atom stereocenters. The first-order chi connectivity index (χ1) is 14.8. The largest absolute Gasteiger partial charge is 0.376 e. The second-order valence-electron chi connectivity index (χ2n) is 8.41. The van der Waals surface area contributed by atoms with E-state index in [2.05, 4.69) is 0 Å². The van der Waals surface area contributed by atoms with Crippen molar-refractivity contribution in [3.05, 3.63) is 57.5 Å². The second-order valence-corrected chi connectivity index (χ2v) is 9.41. The van der Waals surface area contributed by atoms with Crippen molar-refractivity contribution < 1.29 is 18.7 Å². The molecular formula is C24H31FN2O3S. The average molecular weight is 447 g/mol. The fourth-order valence-corrected chi connectivity index (χ4v) is 4.60. The van der Waals surface area contributed by atoms with Gasteiger partial charge in [-0.1, -0.05) is 26.0 Å². The third-order valence-corrected chi connectivity index (χ3v) is 6.53. The molecule has 5 nitrogen and oxygen atoms in total. The summed E-state index contributed by atoms with van der Waals surface area (Å²) in [5.41, 5.74) is 1.99. The molecule has 31 heavy (non-hydrogen) atoms. The Hall–Kier alpha value is -2.25. The highest BCUT2D eigenvalue weighted by Crippen LogP contribution is 2.21. The van der Waals surface area contributed by atoms with E-state index >= 15 is 0 Å². The van der Waals surface area contributed by atoms with Crippen molar-refractivity contribution in [2.45, 2.75) is 52.8 Å². The van der Waals surface area contributed by atoms with Gasteiger partial charge in [0.2, 0.25) is 11.8 Å². The van der Waals surface area contributed by atoms with Gasteiger partial charge in [0.15, 0.2) is 0 Å². The van der Waals surface area contributed by atoms with E-state index in [9.17, 15) is 14.0 Å². The van der Waals surface area contributed by atoms with Crippen LogP contribution in [0.15, 0.2) is 35.7 Å². The van der Waals surface area contributed by atoms with E-state index in [4.69, 9.17) is 4.74 Å². The van der Waals surface area contributed by atoms with Crippen LogP contribution in [-0.4, -0.2) is 47.4 Å². The number of ether oxygens (including phenoxy) is 1. The topological polar surface area (TPSA) is 49.9 Å². The van der Waals surface area contributed by atoms with Crippen molar-refractivity contribution >= 4 is 23.2 Å². The maximum absolute atomic E-state index is 13.4. The van der Waals surface area contributed by atoms with Crippen molar-refractivity contribution in [1.29, 1.82) is 0 Å². The summed E-state index contributed by atoms with van der Waals surface area (Å²) in [5, 5.41) is 2.01. The molecule has 1 saturated heterocycles. The zero-order valence-corrected chi connectivity index (χ0v) is 19.3. The van der Waals surface area contributed by atoms with E-state index in [0.29, 0.717) is 26.2 Å². The Morgan fingerprint density at radius 2 is 1.90 bits per heavy atom. The van der Waals surface area contributed by atoms with Gasteiger partial charge < -0.3 is 14.5 Å². The summed E-state index contributed by atoms with van der Waals surface area (Å²) >= 11 is 1.61. The van der Waals surface area contributed by atoms with E-state index in [1.165, 1.54) is 12.1 Å². The van der Waals surface area contributed by atoms with Gasteiger partial charge in [0, 0.05) is 30.5 Å². The molecule has 0 radical (unpaired) electrons. The fourth-order valence-electron chi connectivity index (χ4n) is 3.68. The number of benzene rings is 1. The molecule has 0 aliphatic carbocycles. The highest BCUT2D eigenvalue weighted by Gasteiger charge is 2.28. The Morgan fingerprint density at radius 1 is 1.16 bits per heavy atom. The van der Waals surface area contributed by atoms with Crippen molar-refractivity contribution in [2.24, 2.45) is 5.92 Å². The normalized spacial score (nSPS) is 16.0. The van der Waals surface area contributed by atoms with E-state index in [1.54, 1.807) is 33.3 Å². The first kappa shape index (κ1) is 23.4. The lowest BCUT2D eigenvalue weighted by Crippen LogP contribution is -2.46. The molecule has 7 heteroatoms. The van der Waals surface area contributed by atoms with Crippen molar-refractivity contribution in [3.8, 4) is 0 Å². The molecule has 1 aliphatic heterocycles. The maximum atomic E-state index is 13.4. The molecule has 0 spiro atoms. The van der Waals surface area contributed by atoms with E-state index in [-0.39, 0.29) is 36.2 Å². The number of rotatable bonds is 9. The molecule has 2 amide bonds. The van der Waals surface area contributed by atoms with Crippen LogP contribution in [0.1, 0.15) is 42.7 Å². The van der Waals surface area contributed by atoms with Crippen LogP contribution in [0.3, 0.4) is 0 Å². The molecule has 3 rings (SSSR count). The van der Waals surface area contributed by atoms with Crippen molar-refractivity contribution in [1.82, 2.24) is 9.80 Å². The summed E-state index contributed by atoms with van der Waals surface area (Å²) in [6, 6.07) is 8.23. The van der Waals surface area contributed by atoms with Gasteiger partial charge in [-0.25, -0.2) is 4.39 Å². The van der Waals surface area contributed by atoms with Gasteiger partial charge >= 0.3 is 0 Å². The number of hydrogen-bond acceptors (Lipinski definition) is 4. The Kier molecular flexibility index (Phi) is 8.21. The quantitative estimate of drug-likeness (QED) is 0.574. The predicted molar refractivity (Wildman–Crippen MR) is 120 cm³/mol. The number of hydrogen-bond donors (Lipinski definition) is 0. The van der Waals surface area contributed by atoms with Gasteiger partial charge in [-0.3, -0.25) is 9.59 Å². The molecule has 1 aromatic carbocycles. The predicted octanol–water partition coefficient (Wildman–Crippen LogP) is 4.39. The summed E-state index contributed by atoms with van der Waals surface area (Å²) in [7, 11) is 0. The molecule has 0 saturated carbocycles. The van der Waals surface area contributed by atoms with Gasteiger partial charge in [0.1, 0.15) is 5.82 Å². The van der Waals surface area contributed by atoms with Crippen LogP contribution in [0.2, 0.25) is 0 Å². The molecule has 1 aromatic heterocycles. The summed E-state index contributed by atoms with van der Waals surface area (Å²) in [6.45, 7) is 7.70. The van der Waals surface area contributed by atoms with Crippen LogP contribution in [-0.2, 0) is 27.4 Å². The number of halogens is 1. The van der Waals surface area contributed by atoms with Crippen LogP contribution in [0.25, 0.3) is 0 Å². The Bertz CT molecular complexity index is 875. The Balaban J connectivity index is 1.77. The smallest absolute Gasteiger partial charge is 0.242 e. The standard InChI is InChI=1S/C24H31FN2O3S/c1-17(2)24(29)27(14-21-5-4-11-30-21)16-23(28)26(15-22-18(3)10-12-31-22)13-19-6-8-20(25)9-7-19/h6-10,12,17,21H,4-5,11,13-16H2,1-3H3. The number of nitrogens with zero attached hydrogens (tertiary/aromatic N) is 2. The lowest BCUT2D eigenvalue weighted by Gasteiger charge is -2.30. The highest BCUT2D eigenvalue weighted by molar-refractivity contribution is 7.10. The van der Waals surface area contributed by atoms with E-state index < -0.39 is 0 Å². The first-order valence-electron chi connectivity index (χ1n) is 10.8. The number of amides is 2. The zero-order valence-electron chi connectivity index (χ0n) is 18.5. The number of aryl methyl sites for hydroxylation is 1.